The minimum Gasteiger partial charge on any atom is -0.253 e. The fourth-order valence-electron chi connectivity index (χ4n) is 1.64. The predicted octanol–water partition coefficient (Wildman–Crippen LogP) is 3.33. The number of aryl methyl sites for hydroxylation is 1. The van der Waals surface area contributed by atoms with E-state index in [9.17, 15) is 4.39 Å². The van der Waals surface area contributed by atoms with Crippen molar-refractivity contribution >= 4 is 10.9 Å². The van der Waals surface area contributed by atoms with Crippen molar-refractivity contribution in [3.63, 3.8) is 0 Å². The molecular weight excluding hydrogens is 177 g/mol. The van der Waals surface area contributed by atoms with Gasteiger partial charge in [0.05, 0.1) is 0 Å². The van der Waals surface area contributed by atoms with E-state index in [0.29, 0.717) is 5.52 Å². The van der Waals surface area contributed by atoms with E-state index in [4.69, 9.17) is 0 Å². The second kappa shape index (κ2) is 3.74. The third-order valence-corrected chi connectivity index (χ3v) is 2.26. The molecule has 0 saturated heterocycles. The van der Waals surface area contributed by atoms with Crippen molar-refractivity contribution in [1.82, 2.24) is 4.98 Å². The molecule has 0 N–H and O–H groups in total. The molecule has 1 aromatic carbocycles. The summed E-state index contributed by atoms with van der Waals surface area (Å²) in [5.74, 6) is -0.216. The lowest BCUT2D eigenvalue weighted by molar-refractivity contribution is 0.634. The summed E-state index contributed by atoms with van der Waals surface area (Å²) in [6.45, 7) is 2.09. The van der Waals surface area contributed by atoms with Gasteiger partial charge in [-0.25, -0.2) is 4.39 Å². The SMILES string of the molecule is CCCc1cc(F)c2ncccc2c1. The van der Waals surface area contributed by atoms with E-state index in [0.717, 1.165) is 23.8 Å². The lowest BCUT2D eigenvalue weighted by Gasteiger charge is -2.02. The molecule has 0 unspecified atom stereocenters. The van der Waals surface area contributed by atoms with Gasteiger partial charge in [0.25, 0.3) is 0 Å². The Kier molecular flexibility index (Phi) is 2.44. The van der Waals surface area contributed by atoms with Crippen LogP contribution in [0.5, 0.6) is 0 Å². The third-order valence-electron chi connectivity index (χ3n) is 2.26. The van der Waals surface area contributed by atoms with Crippen molar-refractivity contribution in [2.24, 2.45) is 0 Å². The summed E-state index contributed by atoms with van der Waals surface area (Å²) >= 11 is 0. The highest BCUT2D eigenvalue weighted by Gasteiger charge is 2.03. The lowest BCUT2D eigenvalue weighted by atomic mass is 10.1. The first-order valence-corrected chi connectivity index (χ1v) is 4.84. The summed E-state index contributed by atoms with van der Waals surface area (Å²) in [6.07, 6.45) is 3.57. The Hall–Kier alpha value is -1.44. The summed E-state index contributed by atoms with van der Waals surface area (Å²) < 4.78 is 13.5. The van der Waals surface area contributed by atoms with Gasteiger partial charge in [-0.15, -0.1) is 0 Å². The zero-order chi connectivity index (χ0) is 9.97. The molecule has 0 bridgehead atoms. The second-order valence-corrected chi connectivity index (χ2v) is 3.40. The zero-order valence-corrected chi connectivity index (χ0v) is 8.13. The molecule has 1 heterocycles. The van der Waals surface area contributed by atoms with E-state index >= 15 is 0 Å². The Balaban J connectivity index is 2.60. The van der Waals surface area contributed by atoms with Crippen LogP contribution in [0.4, 0.5) is 4.39 Å². The van der Waals surface area contributed by atoms with Crippen LogP contribution in [-0.2, 0) is 6.42 Å². The summed E-state index contributed by atoms with van der Waals surface area (Å²) in [7, 11) is 0. The van der Waals surface area contributed by atoms with Gasteiger partial charge in [0.15, 0.2) is 0 Å². The highest BCUT2D eigenvalue weighted by atomic mass is 19.1. The van der Waals surface area contributed by atoms with Gasteiger partial charge in [0.2, 0.25) is 0 Å². The molecule has 0 aliphatic carbocycles. The maximum Gasteiger partial charge on any atom is 0.149 e. The smallest absolute Gasteiger partial charge is 0.149 e. The van der Waals surface area contributed by atoms with Crippen LogP contribution in [0.25, 0.3) is 10.9 Å². The van der Waals surface area contributed by atoms with Crippen LogP contribution in [0.1, 0.15) is 18.9 Å². The largest absolute Gasteiger partial charge is 0.253 e. The van der Waals surface area contributed by atoms with E-state index in [-0.39, 0.29) is 5.82 Å². The maximum atomic E-state index is 13.5. The molecule has 1 aromatic heterocycles. The Morgan fingerprint density at radius 1 is 1.36 bits per heavy atom. The third kappa shape index (κ3) is 1.60. The second-order valence-electron chi connectivity index (χ2n) is 3.40. The summed E-state index contributed by atoms with van der Waals surface area (Å²) in [4.78, 5) is 4.01. The first-order chi connectivity index (χ1) is 6.81. The van der Waals surface area contributed by atoms with Gasteiger partial charge in [-0.2, -0.15) is 0 Å². The fourth-order valence-corrected chi connectivity index (χ4v) is 1.64. The number of pyridine rings is 1. The number of rotatable bonds is 2. The molecule has 0 saturated carbocycles. The van der Waals surface area contributed by atoms with Crippen molar-refractivity contribution in [2.75, 3.05) is 0 Å². The van der Waals surface area contributed by atoms with Gasteiger partial charge in [0.1, 0.15) is 11.3 Å². The average molecular weight is 189 g/mol. The first kappa shape index (κ1) is 9.13. The molecule has 0 aliphatic heterocycles. The molecule has 2 rings (SSSR count). The summed E-state index contributed by atoms with van der Waals surface area (Å²) in [5, 5.41) is 0.885. The minimum absolute atomic E-state index is 0.216. The lowest BCUT2D eigenvalue weighted by Crippen LogP contribution is -1.89. The topological polar surface area (TPSA) is 12.9 Å². The summed E-state index contributed by atoms with van der Waals surface area (Å²) in [6, 6.07) is 7.32. The van der Waals surface area contributed by atoms with Crippen LogP contribution >= 0.6 is 0 Å². The molecule has 0 fully saturated rings. The van der Waals surface area contributed by atoms with Crippen molar-refractivity contribution in [3.8, 4) is 0 Å². The van der Waals surface area contributed by atoms with E-state index < -0.39 is 0 Å². The van der Waals surface area contributed by atoms with Gasteiger partial charge in [0, 0.05) is 11.6 Å². The van der Waals surface area contributed by atoms with Crippen LogP contribution in [0, 0.1) is 5.82 Å². The normalized spacial score (nSPS) is 10.7. The van der Waals surface area contributed by atoms with Gasteiger partial charge in [-0.1, -0.05) is 19.4 Å². The van der Waals surface area contributed by atoms with Crippen molar-refractivity contribution in [1.29, 1.82) is 0 Å². The first-order valence-electron chi connectivity index (χ1n) is 4.84. The number of halogens is 1. The van der Waals surface area contributed by atoms with Crippen molar-refractivity contribution in [2.45, 2.75) is 19.8 Å². The Morgan fingerprint density at radius 3 is 3.00 bits per heavy atom. The molecule has 0 atom stereocenters. The average Bonchev–Trinajstić information content (AvgIpc) is 2.18. The molecule has 14 heavy (non-hydrogen) atoms. The van der Waals surface area contributed by atoms with Crippen LogP contribution in [0.15, 0.2) is 30.5 Å². The zero-order valence-electron chi connectivity index (χ0n) is 8.13. The molecule has 1 nitrogen and oxygen atoms in total. The number of fused-ring (bicyclic) bond motifs is 1. The van der Waals surface area contributed by atoms with Gasteiger partial charge in [-0.05, 0) is 30.2 Å². The number of aromatic nitrogens is 1. The van der Waals surface area contributed by atoms with Crippen LogP contribution in [-0.4, -0.2) is 4.98 Å². The summed E-state index contributed by atoms with van der Waals surface area (Å²) in [5.41, 5.74) is 1.51. The molecule has 72 valence electrons. The monoisotopic (exact) mass is 189 g/mol. The highest BCUT2D eigenvalue weighted by molar-refractivity contribution is 5.79. The van der Waals surface area contributed by atoms with Crippen molar-refractivity contribution < 1.29 is 4.39 Å². The molecule has 2 heteroatoms. The Morgan fingerprint density at radius 2 is 2.21 bits per heavy atom. The molecule has 0 amide bonds. The quantitative estimate of drug-likeness (QED) is 0.706. The fraction of sp³-hybridized carbons (Fsp3) is 0.250. The Bertz CT molecular complexity index is 451. The predicted molar refractivity (Wildman–Crippen MR) is 55.7 cm³/mol. The van der Waals surface area contributed by atoms with E-state index in [2.05, 4.69) is 11.9 Å². The Labute approximate surface area is 82.6 Å². The van der Waals surface area contributed by atoms with Gasteiger partial charge < -0.3 is 0 Å². The number of nitrogens with zero attached hydrogens (tertiary/aromatic N) is 1. The molecule has 0 spiro atoms. The van der Waals surface area contributed by atoms with Gasteiger partial charge >= 0.3 is 0 Å². The van der Waals surface area contributed by atoms with Gasteiger partial charge in [-0.3, -0.25) is 4.98 Å². The number of benzene rings is 1. The number of hydrogen-bond acceptors (Lipinski definition) is 1. The highest BCUT2D eigenvalue weighted by Crippen LogP contribution is 2.18. The van der Waals surface area contributed by atoms with E-state index in [1.165, 1.54) is 0 Å². The standard InChI is InChI=1S/C12H12FN/c1-2-4-9-7-10-5-3-6-14-12(10)11(13)8-9/h3,5-8H,2,4H2,1H3. The number of hydrogen-bond donors (Lipinski definition) is 0. The molecule has 0 aliphatic rings. The molecule has 2 aromatic rings. The van der Waals surface area contributed by atoms with Crippen LogP contribution in [0.3, 0.4) is 0 Å². The van der Waals surface area contributed by atoms with Crippen LogP contribution < -0.4 is 0 Å². The minimum atomic E-state index is -0.216. The van der Waals surface area contributed by atoms with Crippen molar-refractivity contribution in [3.05, 3.63) is 41.8 Å². The van der Waals surface area contributed by atoms with E-state index in [1.807, 2.05) is 18.2 Å². The maximum absolute atomic E-state index is 13.5. The van der Waals surface area contributed by atoms with Crippen LogP contribution in [0.2, 0.25) is 0 Å². The molecular formula is C12H12FN. The molecule has 0 radical (unpaired) electrons. The van der Waals surface area contributed by atoms with E-state index in [1.54, 1.807) is 12.3 Å².